The third-order valence-electron chi connectivity index (χ3n) is 6.91. The van der Waals surface area contributed by atoms with Gasteiger partial charge in [0.2, 0.25) is 0 Å². The molecule has 1 atom stereocenters. The fourth-order valence-electron chi connectivity index (χ4n) is 5.12. The van der Waals surface area contributed by atoms with E-state index in [1.807, 2.05) is 41.0 Å². The van der Waals surface area contributed by atoms with E-state index in [1.54, 1.807) is 6.92 Å². The van der Waals surface area contributed by atoms with Gasteiger partial charge in [-0.3, -0.25) is 4.79 Å². The number of hydrogen-bond acceptors (Lipinski definition) is 5. The predicted octanol–water partition coefficient (Wildman–Crippen LogP) is 8.26. The van der Waals surface area contributed by atoms with Gasteiger partial charge in [-0.05, 0) is 48.7 Å². The summed E-state index contributed by atoms with van der Waals surface area (Å²) in [5, 5.41) is 8.01. The smallest absolute Gasteiger partial charge is 0.187 e. The molecule has 0 aliphatic carbocycles. The molecule has 4 aromatic carbocycles. The minimum absolute atomic E-state index is 0.0462. The van der Waals surface area contributed by atoms with Gasteiger partial charge in [-0.1, -0.05) is 125 Å². The second kappa shape index (κ2) is 9.09. The molecule has 2 aliphatic rings. The Hall–Kier alpha value is -2.99. The van der Waals surface area contributed by atoms with Crippen molar-refractivity contribution in [1.29, 1.82) is 0 Å². The number of benzene rings is 4. The molecule has 37 heavy (non-hydrogen) atoms. The molecule has 0 amide bonds. The minimum atomic E-state index is -0.696. The van der Waals surface area contributed by atoms with E-state index in [2.05, 4.69) is 86.6 Å². The number of fused-ring (bicyclic) bond motifs is 2. The van der Waals surface area contributed by atoms with Crippen LogP contribution in [0.4, 0.5) is 5.69 Å². The molecule has 184 valence electrons. The van der Waals surface area contributed by atoms with Gasteiger partial charge >= 0.3 is 0 Å². The molecular formula is C31H25ClN2OS2. The maximum atomic E-state index is 12.7. The number of aryl methyl sites for hydroxylation is 2. The zero-order valence-corrected chi connectivity index (χ0v) is 23.1. The van der Waals surface area contributed by atoms with Gasteiger partial charge in [0, 0.05) is 17.5 Å². The summed E-state index contributed by atoms with van der Waals surface area (Å²) in [6.07, 6.45) is 0. The molecule has 6 heteroatoms. The maximum Gasteiger partial charge on any atom is 0.187 e. The van der Waals surface area contributed by atoms with Crippen LogP contribution in [0.15, 0.2) is 102 Å². The van der Waals surface area contributed by atoms with Crippen LogP contribution in [-0.4, -0.2) is 10.8 Å². The molecule has 0 bridgehead atoms. The maximum absolute atomic E-state index is 12.7. The molecule has 0 radical (unpaired) electrons. The summed E-state index contributed by atoms with van der Waals surface area (Å²) in [5.74, 6) is -0.0462. The number of hydrazone groups is 1. The van der Waals surface area contributed by atoms with Crippen LogP contribution in [0, 0.1) is 13.8 Å². The topological polar surface area (TPSA) is 32.7 Å². The Morgan fingerprint density at radius 3 is 1.97 bits per heavy atom. The van der Waals surface area contributed by atoms with Crippen molar-refractivity contribution < 1.29 is 4.79 Å². The molecule has 6 rings (SSSR count). The molecule has 0 N–H and O–H groups in total. The molecule has 4 aromatic rings. The lowest BCUT2D eigenvalue weighted by molar-refractivity contribution is -0.110. The standard InChI is InChI=1S/C31H25ClN2OS2/c1-20-11-15-23(16-12-20)30(24-17-13-21(2)14-18-24)27-9-4-5-10-28(27)31(37-30)34(33-29(36-31)22(3)35)26-8-6-7-25(32)19-26/h4-19H,1-3H3/t31-/m0/s1. The summed E-state index contributed by atoms with van der Waals surface area (Å²) in [5.41, 5.74) is 8.00. The Bertz CT molecular complexity index is 1500. The fourth-order valence-corrected chi connectivity index (χ4v) is 8.86. The molecule has 0 unspecified atom stereocenters. The van der Waals surface area contributed by atoms with Gasteiger partial charge < -0.3 is 0 Å². The number of hydrogen-bond donors (Lipinski definition) is 0. The quantitative estimate of drug-likeness (QED) is 0.261. The number of halogens is 1. The highest BCUT2D eigenvalue weighted by Gasteiger charge is 2.61. The molecule has 2 heterocycles. The number of anilines is 1. The Balaban J connectivity index is 1.65. The van der Waals surface area contributed by atoms with E-state index in [0.717, 1.165) is 11.3 Å². The summed E-state index contributed by atoms with van der Waals surface area (Å²) in [4.78, 5) is 12.7. The van der Waals surface area contributed by atoms with E-state index in [9.17, 15) is 4.79 Å². The number of ketones is 1. The second-order valence-electron chi connectivity index (χ2n) is 9.50. The van der Waals surface area contributed by atoms with Crippen LogP contribution in [0.2, 0.25) is 5.02 Å². The summed E-state index contributed by atoms with van der Waals surface area (Å²) in [6.45, 7) is 5.81. The molecular weight excluding hydrogens is 516 g/mol. The third-order valence-corrected chi connectivity index (χ3v) is 10.5. The van der Waals surface area contributed by atoms with Crippen molar-refractivity contribution in [2.24, 2.45) is 5.10 Å². The van der Waals surface area contributed by atoms with Crippen LogP contribution in [0.25, 0.3) is 0 Å². The highest BCUT2D eigenvalue weighted by molar-refractivity contribution is 8.27. The number of carbonyl (C=O) groups excluding carboxylic acids is 1. The van der Waals surface area contributed by atoms with Crippen LogP contribution >= 0.6 is 35.1 Å². The molecule has 0 aromatic heterocycles. The summed E-state index contributed by atoms with van der Waals surface area (Å²) in [6, 6.07) is 33.9. The van der Waals surface area contributed by atoms with Crippen molar-refractivity contribution >= 4 is 51.6 Å². The van der Waals surface area contributed by atoms with E-state index in [1.165, 1.54) is 39.6 Å². The Labute approximate surface area is 230 Å². The van der Waals surface area contributed by atoms with Gasteiger partial charge in [0.25, 0.3) is 0 Å². The molecule has 0 saturated heterocycles. The Morgan fingerprint density at radius 1 is 0.811 bits per heavy atom. The van der Waals surface area contributed by atoms with Crippen LogP contribution in [-0.2, 0) is 13.7 Å². The molecule has 0 saturated carbocycles. The lowest BCUT2D eigenvalue weighted by Gasteiger charge is -2.37. The van der Waals surface area contributed by atoms with Gasteiger partial charge in [-0.2, -0.15) is 5.10 Å². The fraction of sp³-hybridized carbons (Fsp3) is 0.161. The molecule has 2 aliphatic heterocycles. The average molecular weight is 541 g/mol. The first-order valence-corrected chi connectivity index (χ1v) is 14.1. The highest BCUT2D eigenvalue weighted by atomic mass is 35.5. The summed E-state index contributed by atoms with van der Waals surface area (Å²) >= 11 is 9.79. The van der Waals surface area contributed by atoms with Crippen molar-refractivity contribution in [3.63, 3.8) is 0 Å². The van der Waals surface area contributed by atoms with Crippen molar-refractivity contribution in [1.82, 2.24) is 0 Å². The summed E-state index contributed by atoms with van der Waals surface area (Å²) in [7, 11) is 0. The average Bonchev–Trinajstić information content (AvgIpc) is 3.43. The minimum Gasteiger partial charge on any atom is -0.292 e. The first kappa shape index (κ1) is 24.4. The largest absolute Gasteiger partial charge is 0.292 e. The Morgan fingerprint density at radius 2 is 1.41 bits per heavy atom. The van der Waals surface area contributed by atoms with Gasteiger partial charge in [-0.25, -0.2) is 5.01 Å². The Kier molecular flexibility index (Phi) is 5.98. The van der Waals surface area contributed by atoms with E-state index >= 15 is 0 Å². The van der Waals surface area contributed by atoms with Crippen molar-refractivity contribution in [2.45, 2.75) is 29.7 Å². The predicted molar refractivity (Wildman–Crippen MR) is 158 cm³/mol. The number of nitrogens with zero attached hydrogens (tertiary/aromatic N) is 2. The SMILES string of the molecule is CC(=O)C1=NN(c2cccc(Cl)c2)[C@@]2(S1)SC(c1ccc(C)cc1)(c1ccc(C)cc1)c1ccccc12. The zero-order valence-electron chi connectivity index (χ0n) is 20.7. The van der Waals surface area contributed by atoms with Gasteiger partial charge in [0.05, 0.1) is 10.4 Å². The third kappa shape index (κ3) is 3.83. The molecule has 0 fully saturated rings. The van der Waals surface area contributed by atoms with Crippen LogP contribution in [0.1, 0.15) is 40.3 Å². The van der Waals surface area contributed by atoms with E-state index in [-0.39, 0.29) is 5.78 Å². The van der Waals surface area contributed by atoms with Crippen LogP contribution < -0.4 is 5.01 Å². The lowest BCUT2D eigenvalue weighted by Crippen LogP contribution is -2.34. The van der Waals surface area contributed by atoms with Crippen LogP contribution in [0.3, 0.4) is 0 Å². The first-order valence-electron chi connectivity index (χ1n) is 12.1. The van der Waals surface area contributed by atoms with Gasteiger partial charge in [0.15, 0.2) is 15.0 Å². The first-order chi connectivity index (χ1) is 17.8. The van der Waals surface area contributed by atoms with Crippen molar-refractivity contribution in [2.75, 3.05) is 5.01 Å². The molecule has 3 nitrogen and oxygen atoms in total. The number of Topliss-reactive ketones (excluding diaryl/α,β-unsaturated/α-hetero) is 1. The van der Waals surface area contributed by atoms with Crippen molar-refractivity contribution in [3.05, 3.63) is 135 Å². The second-order valence-corrected chi connectivity index (χ2v) is 12.8. The highest BCUT2D eigenvalue weighted by Crippen LogP contribution is 2.70. The van der Waals surface area contributed by atoms with Crippen LogP contribution in [0.5, 0.6) is 0 Å². The summed E-state index contributed by atoms with van der Waals surface area (Å²) < 4.78 is -1.21. The normalized spacial score (nSPS) is 19.7. The van der Waals surface area contributed by atoms with Gasteiger partial charge in [0.1, 0.15) is 0 Å². The van der Waals surface area contributed by atoms with Gasteiger partial charge in [-0.15, -0.1) is 0 Å². The molecule has 1 spiro atoms. The van der Waals surface area contributed by atoms with E-state index in [0.29, 0.717) is 10.1 Å². The van der Waals surface area contributed by atoms with E-state index < -0.39 is 8.95 Å². The van der Waals surface area contributed by atoms with Crippen molar-refractivity contribution in [3.8, 4) is 0 Å². The number of rotatable bonds is 4. The monoisotopic (exact) mass is 540 g/mol. The lowest BCUT2D eigenvalue weighted by atomic mass is 9.81. The van der Waals surface area contributed by atoms with E-state index in [4.69, 9.17) is 16.7 Å². The number of carbonyl (C=O) groups is 1. The zero-order chi connectivity index (χ0) is 25.8. The number of thioether (sulfide) groups is 2.